The van der Waals surface area contributed by atoms with Gasteiger partial charge in [-0.2, -0.15) is 0 Å². The molecule has 0 fully saturated rings. The Morgan fingerprint density at radius 1 is 1.44 bits per heavy atom. The molecule has 18 heavy (non-hydrogen) atoms. The Morgan fingerprint density at radius 3 is 2.94 bits per heavy atom. The number of pyridine rings is 2. The molecule has 0 aliphatic carbocycles. The van der Waals surface area contributed by atoms with E-state index < -0.39 is 5.56 Å². The minimum atomic E-state index is -0.419. The number of amides is 1. The molecule has 5 nitrogen and oxygen atoms in total. The van der Waals surface area contributed by atoms with Crippen LogP contribution >= 0.6 is 11.6 Å². The average molecular weight is 264 g/mol. The predicted octanol–water partition coefficient (Wildman–Crippen LogP) is 1.35. The average Bonchev–Trinajstić information content (AvgIpc) is 2.40. The third-order valence-electron chi connectivity index (χ3n) is 2.28. The first-order valence-corrected chi connectivity index (χ1v) is 5.61. The van der Waals surface area contributed by atoms with Crippen LogP contribution < -0.4 is 10.9 Å². The van der Waals surface area contributed by atoms with E-state index in [-0.39, 0.29) is 10.9 Å². The smallest absolute Gasteiger partial charge is 0.266 e. The summed E-state index contributed by atoms with van der Waals surface area (Å²) in [5, 5.41) is 2.67. The highest BCUT2D eigenvalue weighted by molar-refractivity contribution is 6.30. The summed E-state index contributed by atoms with van der Waals surface area (Å²) in [5.74, 6) is -0.321. The lowest BCUT2D eigenvalue weighted by atomic mass is 10.2. The van der Waals surface area contributed by atoms with Gasteiger partial charge in [-0.05, 0) is 18.2 Å². The number of nitrogens with zero attached hydrogens (tertiary/aromatic N) is 1. The summed E-state index contributed by atoms with van der Waals surface area (Å²) in [4.78, 5) is 29.3. The minimum absolute atomic E-state index is 0.0134. The van der Waals surface area contributed by atoms with E-state index in [9.17, 15) is 9.59 Å². The lowest BCUT2D eigenvalue weighted by molar-refractivity contribution is 0.0950. The van der Waals surface area contributed by atoms with E-state index in [0.717, 1.165) is 5.69 Å². The topological polar surface area (TPSA) is 74.8 Å². The fraction of sp³-hybridized carbons (Fsp3) is 0.0833. The zero-order chi connectivity index (χ0) is 13.0. The van der Waals surface area contributed by atoms with Gasteiger partial charge in [-0.25, -0.2) is 0 Å². The van der Waals surface area contributed by atoms with E-state index in [2.05, 4.69) is 15.3 Å². The van der Waals surface area contributed by atoms with Gasteiger partial charge in [0.2, 0.25) is 0 Å². The molecular weight excluding hydrogens is 254 g/mol. The second-order valence-electron chi connectivity index (χ2n) is 3.57. The molecular formula is C12H10ClN3O2. The molecule has 0 radical (unpaired) electrons. The molecule has 0 saturated carbocycles. The maximum Gasteiger partial charge on any atom is 0.266 e. The quantitative estimate of drug-likeness (QED) is 0.878. The summed E-state index contributed by atoms with van der Waals surface area (Å²) in [6, 6.07) is 6.77. The van der Waals surface area contributed by atoms with Crippen molar-refractivity contribution in [2.45, 2.75) is 6.54 Å². The molecule has 2 aromatic rings. The Morgan fingerprint density at radius 2 is 2.28 bits per heavy atom. The van der Waals surface area contributed by atoms with Crippen LogP contribution in [0.2, 0.25) is 5.02 Å². The largest absolute Gasteiger partial charge is 0.346 e. The van der Waals surface area contributed by atoms with Gasteiger partial charge in [-0.3, -0.25) is 14.6 Å². The number of nitrogens with one attached hydrogen (secondary N) is 2. The molecule has 0 bridgehead atoms. The van der Waals surface area contributed by atoms with Gasteiger partial charge in [-0.1, -0.05) is 17.7 Å². The van der Waals surface area contributed by atoms with Crippen LogP contribution in [0.3, 0.4) is 0 Å². The van der Waals surface area contributed by atoms with Gasteiger partial charge in [0, 0.05) is 12.4 Å². The molecule has 0 atom stereocenters. The Kier molecular flexibility index (Phi) is 3.74. The number of H-pyrrole nitrogens is 1. The second kappa shape index (κ2) is 5.46. The van der Waals surface area contributed by atoms with Crippen molar-refractivity contribution in [2.75, 3.05) is 0 Å². The van der Waals surface area contributed by atoms with Crippen molar-refractivity contribution < 1.29 is 4.79 Å². The summed E-state index contributed by atoms with van der Waals surface area (Å²) in [7, 11) is 0. The number of hydrogen-bond acceptors (Lipinski definition) is 3. The monoisotopic (exact) mass is 263 g/mol. The maximum atomic E-state index is 11.8. The Hall–Kier alpha value is -2.14. The van der Waals surface area contributed by atoms with Gasteiger partial charge in [-0.15, -0.1) is 0 Å². The van der Waals surface area contributed by atoms with Crippen LogP contribution in [-0.2, 0) is 6.54 Å². The normalized spacial score (nSPS) is 10.1. The summed E-state index contributed by atoms with van der Waals surface area (Å²) < 4.78 is 0. The Bertz CT molecular complexity index is 610. The molecule has 0 aliphatic heterocycles. The fourth-order valence-corrected chi connectivity index (χ4v) is 1.53. The molecule has 0 saturated heterocycles. The van der Waals surface area contributed by atoms with Gasteiger partial charge in [0.25, 0.3) is 11.5 Å². The van der Waals surface area contributed by atoms with Crippen LogP contribution in [-0.4, -0.2) is 15.9 Å². The van der Waals surface area contributed by atoms with Gasteiger partial charge >= 0.3 is 0 Å². The van der Waals surface area contributed by atoms with Crippen LogP contribution in [0.4, 0.5) is 0 Å². The molecule has 1 amide bonds. The Balaban J connectivity index is 2.04. The number of carbonyl (C=O) groups excluding carboxylic acids is 1. The van der Waals surface area contributed by atoms with Gasteiger partial charge in [0.15, 0.2) is 0 Å². The van der Waals surface area contributed by atoms with Gasteiger partial charge < -0.3 is 10.3 Å². The molecule has 2 heterocycles. The van der Waals surface area contributed by atoms with E-state index in [1.54, 1.807) is 18.3 Å². The Labute approximate surface area is 108 Å². The highest BCUT2D eigenvalue weighted by Gasteiger charge is 2.07. The van der Waals surface area contributed by atoms with Crippen LogP contribution in [0, 0.1) is 0 Å². The lowest BCUT2D eigenvalue weighted by Crippen LogP contribution is -2.24. The van der Waals surface area contributed by atoms with Crippen molar-refractivity contribution in [1.29, 1.82) is 0 Å². The van der Waals surface area contributed by atoms with Crippen molar-refractivity contribution in [1.82, 2.24) is 15.3 Å². The zero-order valence-corrected chi connectivity index (χ0v) is 10.1. The van der Waals surface area contributed by atoms with Crippen molar-refractivity contribution in [3.8, 4) is 0 Å². The van der Waals surface area contributed by atoms with Crippen LogP contribution in [0.5, 0.6) is 0 Å². The molecule has 0 aliphatic rings. The summed E-state index contributed by atoms with van der Waals surface area (Å²) in [5.41, 5.74) is 0.634. The molecule has 92 valence electrons. The number of aromatic nitrogens is 2. The molecule has 0 unspecified atom stereocenters. The third-order valence-corrected chi connectivity index (χ3v) is 2.56. The van der Waals surface area contributed by atoms with Crippen molar-refractivity contribution >= 4 is 17.5 Å². The standard InChI is InChI=1S/C12H10ClN3O2/c13-10-5-8(6-15-12(10)18)11(17)16-7-9-3-1-2-4-14-9/h1-6H,7H2,(H,15,18)(H,16,17). The van der Waals surface area contributed by atoms with E-state index in [4.69, 9.17) is 11.6 Å². The van der Waals surface area contributed by atoms with Crippen molar-refractivity contribution in [2.24, 2.45) is 0 Å². The lowest BCUT2D eigenvalue weighted by Gasteiger charge is -2.04. The highest BCUT2D eigenvalue weighted by Crippen LogP contribution is 2.04. The molecule has 2 aromatic heterocycles. The van der Waals surface area contributed by atoms with Gasteiger partial charge in [0.05, 0.1) is 17.8 Å². The molecule has 2 N–H and O–H groups in total. The molecule has 6 heteroatoms. The van der Waals surface area contributed by atoms with Gasteiger partial charge in [0.1, 0.15) is 5.02 Å². The van der Waals surface area contributed by atoms with E-state index in [0.29, 0.717) is 12.1 Å². The maximum absolute atomic E-state index is 11.8. The first-order chi connectivity index (χ1) is 8.66. The molecule has 2 rings (SSSR count). The van der Waals surface area contributed by atoms with Crippen molar-refractivity contribution in [3.05, 3.63) is 63.3 Å². The van der Waals surface area contributed by atoms with Crippen LogP contribution in [0.25, 0.3) is 0 Å². The summed E-state index contributed by atoms with van der Waals surface area (Å²) in [6.07, 6.45) is 2.97. The summed E-state index contributed by atoms with van der Waals surface area (Å²) in [6.45, 7) is 0.316. The minimum Gasteiger partial charge on any atom is -0.346 e. The summed E-state index contributed by atoms with van der Waals surface area (Å²) >= 11 is 5.64. The van der Waals surface area contributed by atoms with Crippen molar-refractivity contribution in [3.63, 3.8) is 0 Å². The second-order valence-corrected chi connectivity index (χ2v) is 3.98. The third kappa shape index (κ3) is 2.95. The van der Waals surface area contributed by atoms with E-state index in [1.165, 1.54) is 12.3 Å². The predicted molar refractivity (Wildman–Crippen MR) is 67.5 cm³/mol. The zero-order valence-electron chi connectivity index (χ0n) is 9.31. The number of carbonyl (C=O) groups is 1. The number of rotatable bonds is 3. The first-order valence-electron chi connectivity index (χ1n) is 5.23. The highest BCUT2D eigenvalue weighted by atomic mass is 35.5. The van der Waals surface area contributed by atoms with Crippen LogP contribution in [0.1, 0.15) is 16.1 Å². The van der Waals surface area contributed by atoms with E-state index in [1.807, 2.05) is 6.07 Å². The number of aromatic amines is 1. The first kappa shape index (κ1) is 12.3. The SMILES string of the molecule is O=C(NCc1ccccn1)c1c[nH]c(=O)c(Cl)c1. The number of hydrogen-bond donors (Lipinski definition) is 2. The molecule has 0 aromatic carbocycles. The molecule has 0 spiro atoms. The number of halogens is 1. The van der Waals surface area contributed by atoms with E-state index >= 15 is 0 Å². The van der Waals surface area contributed by atoms with Crippen LogP contribution in [0.15, 0.2) is 41.5 Å². The fourth-order valence-electron chi connectivity index (χ4n) is 1.36.